The van der Waals surface area contributed by atoms with Crippen molar-refractivity contribution in [2.24, 2.45) is 5.92 Å². The zero-order valence-corrected chi connectivity index (χ0v) is 12.8. The van der Waals surface area contributed by atoms with Crippen molar-refractivity contribution in [3.8, 4) is 0 Å². The standard InChI is InChI=1S/C17H35N/c1-3-5-6-7-8-9-14-17(18-15-4-2)16-12-10-11-13-16/h16-18H,3-15H2,1-2H3. The zero-order valence-electron chi connectivity index (χ0n) is 12.8. The van der Waals surface area contributed by atoms with Crippen LogP contribution in [0.2, 0.25) is 0 Å². The maximum Gasteiger partial charge on any atom is 0.00953 e. The van der Waals surface area contributed by atoms with Gasteiger partial charge in [0, 0.05) is 6.04 Å². The lowest BCUT2D eigenvalue weighted by Gasteiger charge is -2.24. The molecule has 1 saturated carbocycles. The van der Waals surface area contributed by atoms with E-state index in [4.69, 9.17) is 0 Å². The topological polar surface area (TPSA) is 12.0 Å². The molecule has 0 amide bonds. The minimum Gasteiger partial charge on any atom is -0.314 e. The van der Waals surface area contributed by atoms with Crippen LogP contribution >= 0.6 is 0 Å². The van der Waals surface area contributed by atoms with Crippen LogP contribution in [0.5, 0.6) is 0 Å². The minimum atomic E-state index is 0.832. The van der Waals surface area contributed by atoms with E-state index in [0.29, 0.717) is 0 Å². The molecule has 1 atom stereocenters. The van der Waals surface area contributed by atoms with Crippen molar-refractivity contribution in [3.63, 3.8) is 0 Å². The first-order chi connectivity index (χ1) is 8.88. The second-order valence-corrected chi connectivity index (χ2v) is 6.16. The summed E-state index contributed by atoms with van der Waals surface area (Å²) in [6.45, 7) is 5.80. The molecule has 0 saturated heterocycles. The summed E-state index contributed by atoms with van der Waals surface area (Å²) in [5, 5.41) is 3.81. The van der Waals surface area contributed by atoms with Crippen LogP contribution in [-0.2, 0) is 0 Å². The molecule has 1 heteroatoms. The fourth-order valence-electron chi connectivity index (χ4n) is 3.34. The number of hydrogen-bond donors (Lipinski definition) is 1. The van der Waals surface area contributed by atoms with E-state index in [-0.39, 0.29) is 0 Å². The zero-order chi connectivity index (χ0) is 13.1. The van der Waals surface area contributed by atoms with Gasteiger partial charge in [0.2, 0.25) is 0 Å². The molecule has 1 fully saturated rings. The predicted molar refractivity (Wildman–Crippen MR) is 82.0 cm³/mol. The Balaban J connectivity index is 2.11. The van der Waals surface area contributed by atoms with Crippen molar-refractivity contribution in [3.05, 3.63) is 0 Å². The predicted octanol–water partition coefficient (Wildman–Crippen LogP) is 5.30. The minimum absolute atomic E-state index is 0.832. The van der Waals surface area contributed by atoms with Gasteiger partial charge in [-0.05, 0) is 38.1 Å². The monoisotopic (exact) mass is 253 g/mol. The van der Waals surface area contributed by atoms with Crippen LogP contribution in [0.3, 0.4) is 0 Å². The average Bonchev–Trinajstić information content (AvgIpc) is 2.91. The lowest BCUT2D eigenvalue weighted by atomic mass is 9.93. The van der Waals surface area contributed by atoms with Crippen LogP contribution in [0.15, 0.2) is 0 Å². The summed E-state index contributed by atoms with van der Waals surface area (Å²) < 4.78 is 0. The quantitative estimate of drug-likeness (QED) is 0.493. The summed E-state index contributed by atoms with van der Waals surface area (Å²) in [6, 6.07) is 0.832. The van der Waals surface area contributed by atoms with Crippen LogP contribution in [0.1, 0.15) is 90.9 Å². The molecule has 0 aliphatic heterocycles. The summed E-state index contributed by atoms with van der Waals surface area (Å²) in [5.74, 6) is 0.993. The first kappa shape index (κ1) is 16.0. The molecule has 0 aromatic rings. The molecular formula is C17H35N. The molecule has 1 aliphatic rings. The van der Waals surface area contributed by atoms with Crippen LogP contribution in [-0.4, -0.2) is 12.6 Å². The highest BCUT2D eigenvalue weighted by Crippen LogP contribution is 2.30. The van der Waals surface area contributed by atoms with Crippen molar-refractivity contribution in [1.29, 1.82) is 0 Å². The number of hydrogen-bond acceptors (Lipinski definition) is 1. The van der Waals surface area contributed by atoms with E-state index >= 15 is 0 Å². The Labute approximate surface area is 115 Å². The van der Waals surface area contributed by atoms with E-state index < -0.39 is 0 Å². The molecule has 0 aromatic heterocycles. The van der Waals surface area contributed by atoms with Gasteiger partial charge in [-0.1, -0.05) is 65.2 Å². The molecule has 1 N–H and O–H groups in total. The molecule has 0 spiro atoms. The fourth-order valence-corrected chi connectivity index (χ4v) is 3.34. The maximum absolute atomic E-state index is 3.81. The average molecular weight is 253 g/mol. The van der Waals surface area contributed by atoms with Crippen LogP contribution in [0.4, 0.5) is 0 Å². The summed E-state index contributed by atoms with van der Waals surface area (Å²) >= 11 is 0. The SMILES string of the molecule is CCCCCCCCC(NCCC)C1CCCC1. The fraction of sp³-hybridized carbons (Fsp3) is 1.00. The lowest BCUT2D eigenvalue weighted by Crippen LogP contribution is -2.35. The van der Waals surface area contributed by atoms with Crippen molar-refractivity contribution in [1.82, 2.24) is 5.32 Å². The van der Waals surface area contributed by atoms with Gasteiger partial charge in [0.05, 0.1) is 0 Å². The third-order valence-corrected chi connectivity index (χ3v) is 4.49. The van der Waals surface area contributed by atoms with E-state index in [2.05, 4.69) is 19.2 Å². The molecule has 1 rings (SSSR count). The lowest BCUT2D eigenvalue weighted by molar-refractivity contribution is 0.330. The third kappa shape index (κ3) is 6.78. The molecule has 0 radical (unpaired) electrons. The van der Waals surface area contributed by atoms with Crippen LogP contribution < -0.4 is 5.32 Å². The van der Waals surface area contributed by atoms with Gasteiger partial charge < -0.3 is 5.32 Å². The summed E-state index contributed by atoms with van der Waals surface area (Å²) in [5.41, 5.74) is 0. The van der Waals surface area contributed by atoms with Gasteiger partial charge in [-0.3, -0.25) is 0 Å². The highest BCUT2D eigenvalue weighted by atomic mass is 14.9. The summed E-state index contributed by atoms with van der Waals surface area (Å²) in [4.78, 5) is 0. The molecule has 0 aromatic carbocycles. The van der Waals surface area contributed by atoms with Gasteiger partial charge in [0.15, 0.2) is 0 Å². The van der Waals surface area contributed by atoms with Crippen molar-refractivity contribution < 1.29 is 0 Å². The molecule has 0 bridgehead atoms. The number of rotatable bonds is 11. The van der Waals surface area contributed by atoms with Crippen molar-refractivity contribution in [2.75, 3.05) is 6.54 Å². The second kappa shape index (κ2) is 10.8. The summed E-state index contributed by atoms with van der Waals surface area (Å²) in [7, 11) is 0. The van der Waals surface area contributed by atoms with Crippen LogP contribution in [0.25, 0.3) is 0 Å². The van der Waals surface area contributed by atoms with Gasteiger partial charge in [0.25, 0.3) is 0 Å². The van der Waals surface area contributed by atoms with Gasteiger partial charge in [-0.2, -0.15) is 0 Å². The largest absolute Gasteiger partial charge is 0.314 e. The Morgan fingerprint density at radius 1 is 0.889 bits per heavy atom. The van der Waals surface area contributed by atoms with Gasteiger partial charge in [0.1, 0.15) is 0 Å². The third-order valence-electron chi connectivity index (χ3n) is 4.49. The Hall–Kier alpha value is -0.0400. The first-order valence-corrected chi connectivity index (χ1v) is 8.61. The number of unbranched alkanes of at least 4 members (excludes halogenated alkanes) is 5. The van der Waals surface area contributed by atoms with Crippen molar-refractivity contribution in [2.45, 2.75) is 96.9 Å². The smallest absolute Gasteiger partial charge is 0.00953 e. The molecule has 0 heterocycles. The normalized spacial score (nSPS) is 18.3. The highest BCUT2D eigenvalue weighted by molar-refractivity contribution is 4.80. The van der Waals surface area contributed by atoms with E-state index in [1.54, 1.807) is 0 Å². The van der Waals surface area contributed by atoms with Crippen molar-refractivity contribution >= 4 is 0 Å². The Bertz CT molecular complexity index is 172. The van der Waals surface area contributed by atoms with E-state index in [0.717, 1.165) is 12.0 Å². The first-order valence-electron chi connectivity index (χ1n) is 8.61. The summed E-state index contributed by atoms with van der Waals surface area (Å²) in [6.07, 6.45) is 17.2. The molecule has 1 aliphatic carbocycles. The van der Waals surface area contributed by atoms with E-state index in [1.165, 1.54) is 83.6 Å². The highest BCUT2D eigenvalue weighted by Gasteiger charge is 2.23. The van der Waals surface area contributed by atoms with Gasteiger partial charge in [-0.25, -0.2) is 0 Å². The maximum atomic E-state index is 3.81. The van der Waals surface area contributed by atoms with Crippen LogP contribution in [0, 0.1) is 5.92 Å². The number of nitrogens with one attached hydrogen (secondary N) is 1. The van der Waals surface area contributed by atoms with Gasteiger partial charge in [-0.15, -0.1) is 0 Å². The van der Waals surface area contributed by atoms with E-state index in [9.17, 15) is 0 Å². The molecular weight excluding hydrogens is 218 g/mol. The van der Waals surface area contributed by atoms with E-state index in [1.807, 2.05) is 0 Å². The second-order valence-electron chi connectivity index (χ2n) is 6.16. The Morgan fingerprint density at radius 2 is 1.56 bits per heavy atom. The molecule has 1 nitrogen and oxygen atoms in total. The Morgan fingerprint density at radius 3 is 2.22 bits per heavy atom. The Kier molecular flexibility index (Phi) is 9.65. The molecule has 1 unspecified atom stereocenters. The van der Waals surface area contributed by atoms with Gasteiger partial charge >= 0.3 is 0 Å². The molecule has 18 heavy (non-hydrogen) atoms. The molecule has 108 valence electrons.